The van der Waals surface area contributed by atoms with Crippen LogP contribution in [0.3, 0.4) is 0 Å². The molecule has 102 valence electrons. The minimum Gasteiger partial charge on any atom is -0.376 e. The van der Waals surface area contributed by atoms with Crippen LogP contribution >= 0.6 is 0 Å². The minimum absolute atomic E-state index is 0.00343. The highest BCUT2D eigenvalue weighted by atomic mass is 16.5. The summed E-state index contributed by atoms with van der Waals surface area (Å²) in [5.74, 6) is -0.0579. The zero-order valence-corrected chi connectivity index (χ0v) is 11.5. The van der Waals surface area contributed by atoms with E-state index in [-0.39, 0.29) is 30.0 Å². The second-order valence-electron chi connectivity index (χ2n) is 5.68. The molecule has 0 bridgehead atoms. The summed E-state index contributed by atoms with van der Waals surface area (Å²) in [6.07, 6.45) is 1.45. The van der Waals surface area contributed by atoms with Gasteiger partial charge in [-0.05, 0) is 33.6 Å². The maximum atomic E-state index is 12.6. The van der Waals surface area contributed by atoms with Gasteiger partial charge in [0, 0.05) is 6.61 Å². The van der Waals surface area contributed by atoms with Crippen LogP contribution in [-0.4, -0.2) is 47.0 Å². The van der Waals surface area contributed by atoms with Crippen LogP contribution in [0, 0.1) is 0 Å². The summed E-state index contributed by atoms with van der Waals surface area (Å²) >= 11 is 0. The van der Waals surface area contributed by atoms with E-state index >= 15 is 0 Å². The highest BCUT2D eigenvalue weighted by molar-refractivity contribution is 5.99. The molecule has 0 radical (unpaired) electrons. The minimum atomic E-state index is -0.814. The number of nitrogens with zero attached hydrogens (tertiary/aromatic N) is 1. The Balaban J connectivity index is 2.32. The normalized spacial score (nSPS) is 35.8. The fraction of sp³-hybridized carbons (Fsp3) is 0.846. The molecule has 5 heteroatoms. The fourth-order valence-corrected chi connectivity index (χ4v) is 2.88. The molecule has 0 aromatic heterocycles. The molecule has 2 aliphatic heterocycles. The summed E-state index contributed by atoms with van der Waals surface area (Å²) in [5, 5.41) is 2.80. The molecule has 2 heterocycles. The lowest BCUT2D eigenvalue weighted by atomic mass is 9.92. The van der Waals surface area contributed by atoms with Gasteiger partial charge in [-0.1, -0.05) is 6.92 Å². The van der Waals surface area contributed by atoms with E-state index in [4.69, 9.17) is 4.74 Å². The first-order chi connectivity index (χ1) is 8.38. The summed E-state index contributed by atoms with van der Waals surface area (Å²) in [4.78, 5) is 26.4. The van der Waals surface area contributed by atoms with E-state index in [0.717, 1.165) is 6.42 Å². The van der Waals surface area contributed by atoms with Gasteiger partial charge in [0.2, 0.25) is 11.8 Å². The molecular formula is C13H22N2O3. The standard InChI is InChI=1S/C13H22N2O3/c1-5-9-11(16)14-13(3,4)12(17)15(9)10-6-7-18-8(10)2/h8-10H,5-7H2,1-4H3,(H,14,16). The molecule has 3 atom stereocenters. The van der Waals surface area contributed by atoms with Crippen LogP contribution in [0.4, 0.5) is 0 Å². The van der Waals surface area contributed by atoms with Crippen molar-refractivity contribution in [2.24, 2.45) is 0 Å². The van der Waals surface area contributed by atoms with E-state index in [1.165, 1.54) is 0 Å². The average Bonchev–Trinajstić information content (AvgIpc) is 2.69. The van der Waals surface area contributed by atoms with Crippen LogP contribution in [0.1, 0.15) is 40.5 Å². The first kappa shape index (κ1) is 13.3. The molecule has 2 fully saturated rings. The average molecular weight is 254 g/mol. The maximum absolute atomic E-state index is 12.6. The van der Waals surface area contributed by atoms with Crippen LogP contribution in [0.5, 0.6) is 0 Å². The third kappa shape index (κ3) is 2.00. The number of nitrogens with one attached hydrogen (secondary N) is 1. The number of hydrogen-bond acceptors (Lipinski definition) is 3. The van der Waals surface area contributed by atoms with Crippen LogP contribution in [0.15, 0.2) is 0 Å². The van der Waals surface area contributed by atoms with Crippen molar-refractivity contribution in [2.75, 3.05) is 6.61 Å². The summed E-state index contributed by atoms with van der Waals surface area (Å²) in [7, 11) is 0. The summed E-state index contributed by atoms with van der Waals surface area (Å²) < 4.78 is 5.54. The van der Waals surface area contributed by atoms with Gasteiger partial charge < -0.3 is 15.0 Å². The predicted molar refractivity (Wildman–Crippen MR) is 67.0 cm³/mol. The van der Waals surface area contributed by atoms with Crippen LogP contribution in [-0.2, 0) is 14.3 Å². The molecule has 3 unspecified atom stereocenters. The molecule has 0 saturated carbocycles. The molecule has 0 aromatic carbocycles. The number of ether oxygens (including phenoxy) is 1. The third-order valence-corrected chi connectivity index (χ3v) is 3.92. The van der Waals surface area contributed by atoms with Crippen molar-refractivity contribution in [3.63, 3.8) is 0 Å². The monoisotopic (exact) mass is 254 g/mol. The lowest BCUT2D eigenvalue weighted by Crippen LogP contribution is -2.70. The van der Waals surface area contributed by atoms with Crippen LogP contribution < -0.4 is 5.32 Å². The van der Waals surface area contributed by atoms with E-state index < -0.39 is 5.54 Å². The van der Waals surface area contributed by atoms with Gasteiger partial charge in [0.05, 0.1) is 12.1 Å². The van der Waals surface area contributed by atoms with Gasteiger partial charge in [-0.2, -0.15) is 0 Å². The largest absolute Gasteiger partial charge is 0.376 e. The van der Waals surface area contributed by atoms with Crippen molar-refractivity contribution in [3.8, 4) is 0 Å². The van der Waals surface area contributed by atoms with Gasteiger partial charge >= 0.3 is 0 Å². The first-order valence-electron chi connectivity index (χ1n) is 6.65. The molecule has 0 aliphatic carbocycles. The van der Waals surface area contributed by atoms with E-state index in [1.54, 1.807) is 18.7 Å². The van der Waals surface area contributed by atoms with E-state index in [2.05, 4.69) is 5.32 Å². The number of amides is 2. The zero-order chi connectivity index (χ0) is 13.5. The summed E-state index contributed by atoms with van der Waals surface area (Å²) in [6.45, 7) is 8.08. The van der Waals surface area contributed by atoms with Crippen molar-refractivity contribution in [1.82, 2.24) is 10.2 Å². The summed E-state index contributed by atoms with van der Waals surface area (Å²) in [6, 6.07) is -0.340. The van der Waals surface area contributed by atoms with Gasteiger partial charge in [-0.3, -0.25) is 9.59 Å². The smallest absolute Gasteiger partial charge is 0.248 e. The van der Waals surface area contributed by atoms with Gasteiger partial charge in [-0.25, -0.2) is 0 Å². The third-order valence-electron chi connectivity index (χ3n) is 3.92. The Labute approximate surface area is 108 Å². The van der Waals surface area contributed by atoms with Crippen molar-refractivity contribution >= 4 is 11.8 Å². The Hall–Kier alpha value is -1.10. The Morgan fingerprint density at radius 3 is 2.61 bits per heavy atom. The number of carbonyl (C=O) groups excluding carboxylic acids is 2. The van der Waals surface area contributed by atoms with Crippen molar-refractivity contribution in [2.45, 2.75) is 64.3 Å². The van der Waals surface area contributed by atoms with Crippen molar-refractivity contribution < 1.29 is 14.3 Å². The SMILES string of the molecule is CCC1C(=O)NC(C)(C)C(=O)N1C1CCOC1C. The second kappa shape index (κ2) is 4.53. The molecule has 2 rings (SSSR count). The topological polar surface area (TPSA) is 58.6 Å². The number of carbonyl (C=O) groups is 2. The molecular weight excluding hydrogens is 232 g/mol. The van der Waals surface area contributed by atoms with Gasteiger partial charge in [0.1, 0.15) is 11.6 Å². The number of hydrogen-bond donors (Lipinski definition) is 1. The fourth-order valence-electron chi connectivity index (χ4n) is 2.88. The van der Waals surface area contributed by atoms with Crippen LogP contribution in [0.2, 0.25) is 0 Å². The number of piperazine rings is 1. The predicted octanol–water partition coefficient (Wildman–Crippen LogP) is 0.679. The molecule has 18 heavy (non-hydrogen) atoms. The Morgan fingerprint density at radius 2 is 2.11 bits per heavy atom. The lowest BCUT2D eigenvalue weighted by Gasteiger charge is -2.46. The first-order valence-corrected chi connectivity index (χ1v) is 6.65. The molecule has 2 amide bonds. The maximum Gasteiger partial charge on any atom is 0.248 e. The Morgan fingerprint density at radius 1 is 1.44 bits per heavy atom. The number of rotatable bonds is 2. The second-order valence-corrected chi connectivity index (χ2v) is 5.68. The molecule has 5 nitrogen and oxygen atoms in total. The molecule has 0 spiro atoms. The quantitative estimate of drug-likeness (QED) is 0.788. The van der Waals surface area contributed by atoms with E-state index in [9.17, 15) is 9.59 Å². The molecule has 0 aromatic rings. The molecule has 1 N–H and O–H groups in total. The Kier molecular flexibility index (Phi) is 3.36. The van der Waals surface area contributed by atoms with E-state index in [1.807, 2.05) is 13.8 Å². The van der Waals surface area contributed by atoms with Crippen molar-refractivity contribution in [1.29, 1.82) is 0 Å². The Bertz CT molecular complexity index is 367. The van der Waals surface area contributed by atoms with Crippen LogP contribution in [0.25, 0.3) is 0 Å². The van der Waals surface area contributed by atoms with E-state index in [0.29, 0.717) is 13.0 Å². The lowest BCUT2D eigenvalue weighted by molar-refractivity contribution is -0.157. The van der Waals surface area contributed by atoms with Gasteiger partial charge in [0.25, 0.3) is 0 Å². The van der Waals surface area contributed by atoms with Crippen molar-refractivity contribution in [3.05, 3.63) is 0 Å². The highest BCUT2D eigenvalue weighted by Gasteiger charge is 2.49. The molecule has 2 saturated heterocycles. The molecule has 2 aliphatic rings. The zero-order valence-electron chi connectivity index (χ0n) is 11.5. The highest BCUT2D eigenvalue weighted by Crippen LogP contribution is 2.28. The van der Waals surface area contributed by atoms with Gasteiger partial charge in [0.15, 0.2) is 0 Å². The van der Waals surface area contributed by atoms with Gasteiger partial charge in [-0.15, -0.1) is 0 Å². The summed E-state index contributed by atoms with van der Waals surface area (Å²) in [5.41, 5.74) is -0.814.